The van der Waals surface area contributed by atoms with E-state index >= 15 is 0 Å². The second-order valence-electron chi connectivity index (χ2n) is 4.37. The molecule has 1 fully saturated rings. The number of carbonyl (C=O) groups excluding carboxylic acids is 1. The Kier molecular flexibility index (Phi) is 2.02. The Bertz CT molecular complexity index is 554. The fourth-order valence-electron chi connectivity index (χ4n) is 1.96. The van der Waals surface area contributed by atoms with Crippen molar-refractivity contribution >= 4 is 11.4 Å². The molecule has 4 heteroatoms. The lowest BCUT2D eigenvalue weighted by molar-refractivity contribution is 0.101. The monoisotopic (exact) mass is 215 g/mol. The van der Waals surface area contributed by atoms with Crippen molar-refractivity contribution in [2.45, 2.75) is 32.1 Å². The topological polar surface area (TPSA) is 47.3 Å². The maximum absolute atomic E-state index is 11.2. The lowest BCUT2D eigenvalue weighted by atomic mass is 9.85. The van der Waals surface area contributed by atoms with Crippen LogP contribution in [-0.4, -0.2) is 20.4 Å². The van der Waals surface area contributed by atoms with Crippen molar-refractivity contribution in [3.8, 4) is 0 Å². The summed E-state index contributed by atoms with van der Waals surface area (Å²) in [4.78, 5) is 15.7. The third-order valence-electron chi connectivity index (χ3n) is 3.23. The van der Waals surface area contributed by atoms with E-state index in [0.29, 0.717) is 11.5 Å². The van der Waals surface area contributed by atoms with Crippen molar-refractivity contribution in [3.63, 3.8) is 0 Å². The normalized spacial score (nSPS) is 16.3. The molecule has 82 valence electrons. The van der Waals surface area contributed by atoms with E-state index in [1.165, 1.54) is 19.3 Å². The van der Waals surface area contributed by atoms with Crippen LogP contribution in [0.15, 0.2) is 18.3 Å². The van der Waals surface area contributed by atoms with Gasteiger partial charge >= 0.3 is 0 Å². The minimum absolute atomic E-state index is 0.0655. The Morgan fingerprint density at radius 1 is 1.50 bits per heavy atom. The van der Waals surface area contributed by atoms with Crippen LogP contribution in [0.25, 0.3) is 5.65 Å². The second-order valence-corrected chi connectivity index (χ2v) is 4.37. The summed E-state index contributed by atoms with van der Waals surface area (Å²) in [5.74, 6) is 1.52. The van der Waals surface area contributed by atoms with E-state index < -0.39 is 0 Å². The van der Waals surface area contributed by atoms with Crippen molar-refractivity contribution in [1.82, 2.24) is 14.6 Å². The summed E-state index contributed by atoms with van der Waals surface area (Å²) < 4.78 is 1.75. The van der Waals surface area contributed by atoms with Crippen molar-refractivity contribution in [1.29, 1.82) is 0 Å². The van der Waals surface area contributed by atoms with Crippen LogP contribution in [0.3, 0.4) is 0 Å². The van der Waals surface area contributed by atoms with Crippen molar-refractivity contribution < 1.29 is 4.79 Å². The quantitative estimate of drug-likeness (QED) is 0.721. The standard InChI is InChI=1S/C12H13N3O/c1-8(16)10-5-6-15-11(7-10)13-12(14-15)9-3-2-4-9/h5-7,9H,2-4H2,1H3. The molecule has 1 aliphatic rings. The highest BCUT2D eigenvalue weighted by atomic mass is 16.1. The van der Waals surface area contributed by atoms with Crippen LogP contribution in [0.4, 0.5) is 0 Å². The van der Waals surface area contributed by atoms with Crippen LogP contribution >= 0.6 is 0 Å². The molecule has 0 aromatic carbocycles. The molecule has 2 heterocycles. The molecule has 0 unspecified atom stereocenters. The average molecular weight is 215 g/mol. The molecule has 16 heavy (non-hydrogen) atoms. The molecule has 0 radical (unpaired) electrons. The number of carbonyl (C=O) groups is 1. The first kappa shape index (κ1) is 9.51. The minimum Gasteiger partial charge on any atom is -0.295 e. The smallest absolute Gasteiger partial charge is 0.159 e. The predicted molar refractivity (Wildman–Crippen MR) is 59.6 cm³/mol. The van der Waals surface area contributed by atoms with E-state index in [1.54, 1.807) is 29.8 Å². The van der Waals surface area contributed by atoms with Gasteiger partial charge in [0.1, 0.15) is 0 Å². The molecule has 0 N–H and O–H groups in total. The van der Waals surface area contributed by atoms with Crippen LogP contribution in [-0.2, 0) is 0 Å². The highest BCUT2D eigenvalue weighted by molar-refractivity contribution is 5.94. The maximum Gasteiger partial charge on any atom is 0.159 e. The van der Waals surface area contributed by atoms with Gasteiger partial charge in [-0.15, -0.1) is 0 Å². The molecule has 3 rings (SSSR count). The number of pyridine rings is 1. The van der Waals surface area contributed by atoms with Gasteiger partial charge in [0, 0.05) is 17.7 Å². The van der Waals surface area contributed by atoms with Gasteiger partial charge in [0.2, 0.25) is 0 Å². The van der Waals surface area contributed by atoms with Crippen LogP contribution in [0.5, 0.6) is 0 Å². The first-order chi connectivity index (χ1) is 7.74. The Hall–Kier alpha value is -1.71. The predicted octanol–water partition coefficient (Wildman–Crippen LogP) is 2.20. The summed E-state index contributed by atoms with van der Waals surface area (Å²) in [5.41, 5.74) is 1.47. The molecule has 0 saturated heterocycles. The summed E-state index contributed by atoms with van der Waals surface area (Å²) in [6.07, 6.45) is 5.47. The van der Waals surface area contributed by atoms with E-state index in [-0.39, 0.29) is 5.78 Å². The maximum atomic E-state index is 11.2. The molecule has 4 nitrogen and oxygen atoms in total. The van der Waals surface area contributed by atoms with Gasteiger partial charge < -0.3 is 0 Å². The Morgan fingerprint density at radius 2 is 2.31 bits per heavy atom. The van der Waals surface area contributed by atoms with Gasteiger partial charge in [0.25, 0.3) is 0 Å². The molecular weight excluding hydrogens is 202 g/mol. The van der Waals surface area contributed by atoms with E-state index in [1.807, 2.05) is 0 Å². The summed E-state index contributed by atoms with van der Waals surface area (Å²) in [6, 6.07) is 3.59. The van der Waals surface area contributed by atoms with Crippen LogP contribution in [0.1, 0.15) is 48.3 Å². The van der Waals surface area contributed by atoms with E-state index in [4.69, 9.17) is 0 Å². The van der Waals surface area contributed by atoms with Gasteiger partial charge in [0.15, 0.2) is 17.3 Å². The van der Waals surface area contributed by atoms with Crippen molar-refractivity contribution in [2.75, 3.05) is 0 Å². The number of hydrogen-bond acceptors (Lipinski definition) is 3. The molecule has 2 aromatic rings. The molecule has 2 aromatic heterocycles. The Balaban J connectivity index is 2.06. The summed E-state index contributed by atoms with van der Waals surface area (Å²) in [6.45, 7) is 1.56. The van der Waals surface area contributed by atoms with Crippen molar-refractivity contribution in [3.05, 3.63) is 29.7 Å². The molecule has 1 aliphatic carbocycles. The molecule has 0 amide bonds. The van der Waals surface area contributed by atoms with E-state index in [0.717, 1.165) is 11.5 Å². The zero-order chi connectivity index (χ0) is 11.1. The summed E-state index contributed by atoms with van der Waals surface area (Å²) in [5, 5.41) is 4.43. The number of ketones is 1. The van der Waals surface area contributed by atoms with Gasteiger partial charge in [-0.1, -0.05) is 6.42 Å². The highest BCUT2D eigenvalue weighted by Gasteiger charge is 2.23. The summed E-state index contributed by atoms with van der Waals surface area (Å²) in [7, 11) is 0. The third-order valence-corrected chi connectivity index (χ3v) is 3.23. The first-order valence-corrected chi connectivity index (χ1v) is 5.61. The zero-order valence-corrected chi connectivity index (χ0v) is 9.18. The minimum atomic E-state index is 0.0655. The average Bonchev–Trinajstić information content (AvgIpc) is 2.56. The SMILES string of the molecule is CC(=O)c1ccn2nc(C3CCC3)nc2c1. The van der Waals surface area contributed by atoms with E-state index in [2.05, 4.69) is 10.1 Å². The van der Waals surface area contributed by atoms with Gasteiger partial charge in [-0.25, -0.2) is 9.50 Å². The lowest BCUT2D eigenvalue weighted by Crippen LogP contribution is -2.10. The number of fused-ring (bicyclic) bond motifs is 1. The molecule has 0 aliphatic heterocycles. The zero-order valence-electron chi connectivity index (χ0n) is 9.18. The van der Waals surface area contributed by atoms with Crippen LogP contribution < -0.4 is 0 Å². The second kappa shape index (κ2) is 3.40. The Morgan fingerprint density at radius 3 is 2.94 bits per heavy atom. The molecule has 0 spiro atoms. The van der Waals surface area contributed by atoms with Crippen LogP contribution in [0.2, 0.25) is 0 Å². The third kappa shape index (κ3) is 1.41. The lowest BCUT2D eigenvalue weighted by Gasteiger charge is -2.21. The molecule has 0 atom stereocenters. The van der Waals surface area contributed by atoms with E-state index in [9.17, 15) is 4.79 Å². The summed E-state index contributed by atoms with van der Waals surface area (Å²) >= 11 is 0. The molecule has 1 saturated carbocycles. The van der Waals surface area contributed by atoms with Crippen molar-refractivity contribution in [2.24, 2.45) is 0 Å². The fraction of sp³-hybridized carbons (Fsp3) is 0.417. The molecule has 0 bridgehead atoms. The van der Waals surface area contributed by atoms with Gasteiger partial charge in [-0.05, 0) is 31.9 Å². The van der Waals surface area contributed by atoms with Crippen LogP contribution in [0, 0.1) is 0 Å². The number of rotatable bonds is 2. The number of nitrogens with zero attached hydrogens (tertiary/aromatic N) is 3. The Labute approximate surface area is 93.3 Å². The first-order valence-electron chi connectivity index (χ1n) is 5.61. The number of Topliss-reactive ketones (excluding diaryl/α,β-unsaturated/α-hetero) is 1. The van der Waals surface area contributed by atoms with Gasteiger partial charge in [-0.3, -0.25) is 4.79 Å². The van der Waals surface area contributed by atoms with Gasteiger partial charge in [-0.2, -0.15) is 5.10 Å². The highest BCUT2D eigenvalue weighted by Crippen LogP contribution is 2.34. The number of hydrogen-bond donors (Lipinski definition) is 0. The molecular formula is C12H13N3O. The van der Waals surface area contributed by atoms with Gasteiger partial charge in [0.05, 0.1) is 0 Å². The fourth-order valence-corrected chi connectivity index (χ4v) is 1.96. The number of aromatic nitrogens is 3. The largest absolute Gasteiger partial charge is 0.295 e.